The summed E-state index contributed by atoms with van der Waals surface area (Å²) in [7, 11) is 0. The Labute approximate surface area is 119 Å². The average molecular weight is 268 g/mol. The highest BCUT2D eigenvalue weighted by atomic mass is 16.5. The van der Waals surface area contributed by atoms with E-state index in [1.165, 1.54) is 25.7 Å². The molecule has 1 rings (SSSR count). The lowest BCUT2D eigenvalue weighted by Crippen LogP contribution is -2.39. The molecule has 0 aromatic carbocycles. The molecule has 1 aliphatic rings. The van der Waals surface area contributed by atoms with Gasteiger partial charge in [0.25, 0.3) is 0 Å². The molecule has 0 aliphatic heterocycles. The molecule has 0 spiro atoms. The molecule has 19 heavy (non-hydrogen) atoms. The molecule has 1 aliphatic carbocycles. The maximum absolute atomic E-state index is 12.5. The van der Waals surface area contributed by atoms with Gasteiger partial charge in [-0.25, -0.2) is 0 Å². The second kappa shape index (κ2) is 6.39. The summed E-state index contributed by atoms with van der Waals surface area (Å²) in [5.41, 5.74) is -0.0712. The Morgan fingerprint density at radius 2 is 1.63 bits per heavy atom. The molecule has 0 amide bonds. The van der Waals surface area contributed by atoms with Crippen molar-refractivity contribution in [2.75, 3.05) is 6.61 Å². The largest absolute Gasteiger partial charge is 0.370 e. The van der Waals surface area contributed by atoms with Gasteiger partial charge < -0.3 is 4.74 Å². The molecular formula is C17H32O2. The van der Waals surface area contributed by atoms with Gasteiger partial charge in [0, 0.05) is 6.42 Å². The van der Waals surface area contributed by atoms with Gasteiger partial charge in [-0.2, -0.15) is 0 Å². The van der Waals surface area contributed by atoms with E-state index in [0.717, 1.165) is 6.61 Å². The molecule has 0 N–H and O–H groups in total. The van der Waals surface area contributed by atoms with Gasteiger partial charge in [0.15, 0.2) is 5.78 Å². The molecule has 1 fully saturated rings. The summed E-state index contributed by atoms with van der Waals surface area (Å²) in [6, 6.07) is 0. The fraction of sp³-hybridized carbons (Fsp3) is 0.941. The molecule has 1 saturated carbocycles. The Bertz CT molecular complexity index is 287. The van der Waals surface area contributed by atoms with E-state index in [9.17, 15) is 4.79 Å². The van der Waals surface area contributed by atoms with Crippen molar-refractivity contribution in [2.45, 2.75) is 79.8 Å². The van der Waals surface area contributed by atoms with Crippen molar-refractivity contribution >= 4 is 5.78 Å². The predicted molar refractivity (Wildman–Crippen MR) is 80.2 cm³/mol. The standard InChI is InChI=1S/C17H32O2/c1-16(2,3)11-14(18)15(17(4,5)6)19-12-13-9-7-8-10-13/h13,15H,7-12H2,1-6H3. The van der Waals surface area contributed by atoms with Gasteiger partial charge >= 0.3 is 0 Å². The van der Waals surface area contributed by atoms with E-state index in [0.29, 0.717) is 12.3 Å². The fourth-order valence-electron chi connectivity index (χ4n) is 2.85. The zero-order valence-corrected chi connectivity index (χ0v) is 13.7. The predicted octanol–water partition coefficient (Wildman–Crippen LogP) is 4.61. The second-order valence-corrected chi connectivity index (χ2v) is 8.43. The lowest BCUT2D eigenvalue weighted by molar-refractivity contribution is -0.141. The van der Waals surface area contributed by atoms with Crippen LogP contribution in [0.15, 0.2) is 0 Å². The van der Waals surface area contributed by atoms with Gasteiger partial charge in [0.05, 0.1) is 6.61 Å². The Kier molecular flexibility index (Phi) is 5.61. The molecule has 2 heteroatoms. The third kappa shape index (κ3) is 6.07. The van der Waals surface area contributed by atoms with Gasteiger partial charge in [0.2, 0.25) is 0 Å². The minimum atomic E-state index is -0.257. The maximum atomic E-state index is 12.5. The summed E-state index contributed by atoms with van der Waals surface area (Å²) >= 11 is 0. The SMILES string of the molecule is CC(C)(C)CC(=O)C(OCC1CCCC1)C(C)(C)C. The Hall–Kier alpha value is -0.370. The van der Waals surface area contributed by atoms with E-state index in [-0.39, 0.29) is 22.7 Å². The Morgan fingerprint density at radius 3 is 2.05 bits per heavy atom. The van der Waals surface area contributed by atoms with Crippen LogP contribution in [-0.2, 0) is 9.53 Å². The van der Waals surface area contributed by atoms with Crippen LogP contribution in [0.4, 0.5) is 0 Å². The third-order valence-electron chi connectivity index (χ3n) is 3.76. The molecule has 0 bridgehead atoms. The van der Waals surface area contributed by atoms with Crippen molar-refractivity contribution in [1.82, 2.24) is 0 Å². The van der Waals surface area contributed by atoms with Crippen LogP contribution in [0.5, 0.6) is 0 Å². The normalized spacial score (nSPS) is 19.7. The highest BCUT2D eigenvalue weighted by Crippen LogP contribution is 2.31. The molecule has 0 aromatic rings. The maximum Gasteiger partial charge on any atom is 0.162 e. The monoisotopic (exact) mass is 268 g/mol. The highest BCUT2D eigenvalue weighted by molar-refractivity contribution is 5.84. The van der Waals surface area contributed by atoms with Crippen LogP contribution in [0.2, 0.25) is 0 Å². The van der Waals surface area contributed by atoms with Crippen molar-refractivity contribution in [2.24, 2.45) is 16.7 Å². The van der Waals surface area contributed by atoms with Crippen LogP contribution in [0.3, 0.4) is 0 Å². The minimum absolute atomic E-state index is 0.0390. The van der Waals surface area contributed by atoms with Gasteiger partial charge in [-0.3, -0.25) is 4.79 Å². The van der Waals surface area contributed by atoms with E-state index in [1.54, 1.807) is 0 Å². The van der Waals surface area contributed by atoms with Crippen molar-refractivity contribution < 1.29 is 9.53 Å². The average Bonchev–Trinajstić information content (AvgIpc) is 2.65. The number of hydrogen-bond acceptors (Lipinski definition) is 2. The van der Waals surface area contributed by atoms with E-state index in [2.05, 4.69) is 41.5 Å². The summed E-state index contributed by atoms with van der Waals surface area (Å²) in [4.78, 5) is 12.5. The first kappa shape index (κ1) is 16.7. The summed E-state index contributed by atoms with van der Waals surface area (Å²) < 4.78 is 6.05. The molecule has 2 nitrogen and oxygen atoms in total. The fourth-order valence-corrected chi connectivity index (χ4v) is 2.85. The van der Waals surface area contributed by atoms with Crippen LogP contribution in [0, 0.1) is 16.7 Å². The summed E-state index contributed by atoms with van der Waals surface area (Å²) in [6.45, 7) is 13.4. The van der Waals surface area contributed by atoms with E-state index in [1.807, 2.05) is 0 Å². The molecule has 1 unspecified atom stereocenters. The zero-order chi connectivity index (χ0) is 14.7. The molecule has 0 radical (unpaired) electrons. The number of ketones is 1. The number of Topliss-reactive ketones (excluding diaryl/α,β-unsaturated/α-hetero) is 1. The van der Waals surface area contributed by atoms with Gasteiger partial charge in [0.1, 0.15) is 6.10 Å². The number of hydrogen-bond donors (Lipinski definition) is 0. The number of rotatable bonds is 5. The second-order valence-electron chi connectivity index (χ2n) is 8.43. The first-order valence-corrected chi connectivity index (χ1v) is 7.74. The lowest BCUT2D eigenvalue weighted by atomic mass is 9.80. The molecular weight excluding hydrogens is 236 g/mol. The first-order valence-electron chi connectivity index (χ1n) is 7.74. The van der Waals surface area contributed by atoms with E-state index in [4.69, 9.17) is 4.74 Å². The van der Waals surface area contributed by atoms with Crippen molar-refractivity contribution in [3.8, 4) is 0 Å². The van der Waals surface area contributed by atoms with Crippen LogP contribution in [0.1, 0.15) is 73.6 Å². The van der Waals surface area contributed by atoms with E-state index >= 15 is 0 Å². The minimum Gasteiger partial charge on any atom is -0.370 e. The van der Waals surface area contributed by atoms with Crippen molar-refractivity contribution in [1.29, 1.82) is 0 Å². The molecule has 1 atom stereocenters. The van der Waals surface area contributed by atoms with E-state index < -0.39 is 0 Å². The van der Waals surface area contributed by atoms with Crippen molar-refractivity contribution in [3.05, 3.63) is 0 Å². The number of ether oxygens (including phenoxy) is 1. The van der Waals surface area contributed by atoms with Gasteiger partial charge in [-0.05, 0) is 29.6 Å². The van der Waals surface area contributed by atoms with Crippen LogP contribution < -0.4 is 0 Å². The lowest BCUT2D eigenvalue weighted by Gasteiger charge is -2.32. The summed E-state index contributed by atoms with van der Waals surface area (Å²) in [5.74, 6) is 0.935. The topological polar surface area (TPSA) is 26.3 Å². The zero-order valence-electron chi connectivity index (χ0n) is 13.7. The number of carbonyl (C=O) groups excluding carboxylic acids is 1. The van der Waals surface area contributed by atoms with Crippen LogP contribution >= 0.6 is 0 Å². The third-order valence-corrected chi connectivity index (χ3v) is 3.76. The van der Waals surface area contributed by atoms with Crippen LogP contribution in [0.25, 0.3) is 0 Å². The molecule has 0 heterocycles. The molecule has 0 saturated heterocycles. The van der Waals surface area contributed by atoms with Crippen molar-refractivity contribution in [3.63, 3.8) is 0 Å². The number of carbonyl (C=O) groups is 1. The molecule has 112 valence electrons. The quantitative estimate of drug-likeness (QED) is 0.727. The Morgan fingerprint density at radius 1 is 1.11 bits per heavy atom. The van der Waals surface area contributed by atoms with Crippen LogP contribution in [-0.4, -0.2) is 18.5 Å². The Balaban J connectivity index is 2.58. The first-order chi connectivity index (χ1) is 8.59. The summed E-state index contributed by atoms with van der Waals surface area (Å²) in [6.07, 6.45) is 5.52. The highest BCUT2D eigenvalue weighted by Gasteiger charge is 2.34. The smallest absolute Gasteiger partial charge is 0.162 e. The molecule has 0 aromatic heterocycles. The van der Waals surface area contributed by atoms with Gasteiger partial charge in [-0.1, -0.05) is 54.4 Å². The van der Waals surface area contributed by atoms with Gasteiger partial charge in [-0.15, -0.1) is 0 Å². The summed E-state index contributed by atoms with van der Waals surface area (Å²) in [5, 5.41) is 0.